The van der Waals surface area contributed by atoms with Crippen molar-refractivity contribution in [3.63, 3.8) is 0 Å². The molecule has 1 aliphatic rings. The fourth-order valence-electron chi connectivity index (χ4n) is 2.37. The Bertz CT molecular complexity index is 179. The Morgan fingerprint density at radius 3 is 2.44 bits per heavy atom. The van der Waals surface area contributed by atoms with Crippen LogP contribution in [-0.4, -0.2) is 50.3 Å². The topological polar surface area (TPSA) is 24.5 Å². The van der Waals surface area contributed by atoms with Crippen molar-refractivity contribution in [1.29, 1.82) is 0 Å². The molecule has 0 saturated carbocycles. The molecule has 1 fully saturated rings. The van der Waals surface area contributed by atoms with Crippen molar-refractivity contribution in [3.05, 3.63) is 0 Å². The molecule has 0 aromatic rings. The Labute approximate surface area is 101 Å². The fourth-order valence-corrected chi connectivity index (χ4v) is 2.37. The molecular formula is C13H28N2O. The van der Waals surface area contributed by atoms with Crippen molar-refractivity contribution in [2.45, 2.75) is 45.8 Å². The van der Waals surface area contributed by atoms with E-state index in [4.69, 9.17) is 4.74 Å². The van der Waals surface area contributed by atoms with Gasteiger partial charge in [0.15, 0.2) is 0 Å². The van der Waals surface area contributed by atoms with Crippen LogP contribution in [0.2, 0.25) is 0 Å². The minimum Gasteiger partial charge on any atom is -0.380 e. The zero-order valence-electron chi connectivity index (χ0n) is 11.3. The minimum atomic E-state index is 0.318. The Morgan fingerprint density at radius 1 is 1.31 bits per heavy atom. The maximum atomic E-state index is 5.25. The quantitative estimate of drug-likeness (QED) is 0.749. The molecular weight excluding hydrogens is 200 g/mol. The van der Waals surface area contributed by atoms with Crippen molar-refractivity contribution in [2.75, 3.05) is 33.3 Å². The zero-order chi connectivity index (χ0) is 12.0. The Balaban J connectivity index is 2.20. The molecule has 0 radical (unpaired) electrons. The lowest BCUT2D eigenvalue weighted by Gasteiger charge is -2.34. The van der Waals surface area contributed by atoms with E-state index in [1.54, 1.807) is 7.11 Å². The summed E-state index contributed by atoms with van der Waals surface area (Å²) >= 11 is 0. The number of likely N-dealkylation sites (tertiary alicyclic amines) is 1. The third-order valence-corrected chi connectivity index (χ3v) is 3.92. The van der Waals surface area contributed by atoms with Crippen LogP contribution in [0.15, 0.2) is 0 Å². The second-order valence-corrected chi connectivity index (χ2v) is 5.01. The van der Waals surface area contributed by atoms with Gasteiger partial charge in [-0.1, -0.05) is 6.92 Å². The van der Waals surface area contributed by atoms with Crippen LogP contribution in [0, 0.1) is 5.92 Å². The number of rotatable bonds is 6. The highest BCUT2D eigenvalue weighted by Crippen LogP contribution is 2.20. The molecule has 0 spiro atoms. The Hall–Kier alpha value is -0.120. The van der Waals surface area contributed by atoms with E-state index in [1.807, 2.05) is 0 Å². The van der Waals surface area contributed by atoms with Gasteiger partial charge in [0.2, 0.25) is 0 Å². The summed E-state index contributed by atoms with van der Waals surface area (Å²) in [6, 6.07) is 0.622. The zero-order valence-corrected chi connectivity index (χ0v) is 11.3. The second-order valence-electron chi connectivity index (χ2n) is 5.01. The van der Waals surface area contributed by atoms with Gasteiger partial charge in [0.1, 0.15) is 0 Å². The predicted octanol–water partition coefficient (Wildman–Crippen LogP) is 1.73. The first-order valence-electron chi connectivity index (χ1n) is 6.65. The van der Waals surface area contributed by atoms with E-state index in [-0.39, 0.29) is 0 Å². The van der Waals surface area contributed by atoms with Crippen molar-refractivity contribution < 1.29 is 4.74 Å². The van der Waals surface area contributed by atoms with Crippen LogP contribution in [0.1, 0.15) is 33.6 Å². The molecule has 1 N–H and O–H groups in total. The fraction of sp³-hybridized carbons (Fsp3) is 1.00. The molecule has 2 unspecified atom stereocenters. The van der Waals surface area contributed by atoms with Crippen LogP contribution in [-0.2, 0) is 4.74 Å². The van der Waals surface area contributed by atoms with Crippen LogP contribution < -0.4 is 5.32 Å². The molecule has 0 amide bonds. The van der Waals surface area contributed by atoms with Gasteiger partial charge in [0, 0.05) is 19.7 Å². The molecule has 2 atom stereocenters. The predicted molar refractivity (Wildman–Crippen MR) is 68.8 cm³/mol. The number of hydrogen-bond donors (Lipinski definition) is 1. The first kappa shape index (κ1) is 13.9. The van der Waals surface area contributed by atoms with Crippen molar-refractivity contribution in [1.82, 2.24) is 10.2 Å². The molecule has 0 aromatic heterocycles. The van der Waals surface area contributed by atoms with Crippen LogP contribution in [0.25, 0.3) is 0 Å². The molecule has 96 valence electrons. The maximum Gasteiger partial charge on any atom is 0.0667 e. The monoisotopic (exact) mass is 228 g/mol. The third-order valence-electron chi connectivity index (χ3n) is 3.92. The molecule has 1 aliphatic heterocycles. The number of hydrogen-bond acceptors (Lipinski definition) is 3. The molecule has 16 heavy (non-hydrogen) atoms. The van der Waals surface area contributed by atoms with Gasteiger partial charge in [-0.05, 0) is 52.2 Å². The summed E-state index contributed by atoms with van der Waals surface area (Å²) in [5.41, 5.74) is 0. The summed E-state index contributed by atoms with van der Waals surface area (Å²) in [7, 11) is 1.77. The molecule has 0 bridgehead atoms. The van der Waals surface area contributed by atoms with E-state index in [0.29, 0.717) is 12.1 Å². The van der Waals surface area contributed by atoms with E-state index in [9.17, 15) is 0 Å². The highest BCUT2D eigenvalue weighted by molar-refractivity contribution is 4.79. The van der Waals surface area contributed by atoms with Gasteiger partial charge in [0.25, 0.3) is 0 Å². The summed E-state index contributed by atoms with van der Waals surface area (Å²) in [5.74, 6) is 0.840. The lowest BCUT2D eigenvalue weighted by Crippen LogP contribution is -2.43. The average Bonchev–Trinajstić information content (AvgIpc) is 2.35. The summed E-state index contributed by atoms with van der Waals surface area (Å²) in [5, 5.41) is 3.59. The van der Waals surface area contributed by atoms with E-state index in [0.717, 1.165) is 12.5 Å². The molecule has 3 nitrogen and oxygen atoms in total. The van der Waals surface area contributed by atoms with Gasteiger partial charge < -0.3 is 15.0 Å². The van der Waals surface area contributed by atoms with Crippen LogP contribution >= 0.6 is 0 Å². The smallest absolute Gasteiger partial charge is 0.0667 e. The maximum absolute atomic E-state index is 5.25. The van der Waals surface area contributed by atoms with Crippen LogP contribution in [0.4, 0.5) is 0 Å². The lowest BCUT2D eigenvalue weighted by molar-refractivity contribution is 0.106. The highest BCUT2D eigenvalue weighted by atomic mass is 16.5. The number of nitrogens with zero attached hydrogens (tertiary/aromatic N) is 1. The van der Waals surface area contributed by atoms with E-state index in [1.165, 1.54) is 32.5 Å². The highest BCUT2D eigenvalue weighted by Gasteiger charge is 2.22. The SMILES string of the molecule is CCN1CCC(C(C)NCC(C)OC)CC1. The first-order valence-corrected chi connectivity index (χ1v) is 6.65. The van der Waals surface area contributed by atoms with Gasteiger partial charge in [-0.15, -0.1) is 0 Å². The van der Waals surface area contributed by atoms with Gasteiger partial charge >= 0.3 is 0 Å². The Morgan fingerprint density at radius 2 is 1.94 bits per heavy atom. The molecule has 0 aliphatic carbocycles. The van der Waals surface area contributed by atoms with Crippen LogP contribution in [0.5, 0.6) is 0 Å². The standard InChI is InChI=1S/C13H28N2O/c1-5-15-8-6-13(7-9-15)12(3)14-10-11(2)16-4/h11-14H,5-10H2,1-4H3. The minimum absolute atomic E-state index is 0.318. The molecule has 1 saturated heterocycles. The summed E-state index contributed by atoms with van der Waals surface area (Å²) in [6.07, 6.45) is 2.99. The van der Waals surface area contributed by atoms with Crippen molar-refractivity contribution in [2.24, 2.45) is 5.92 Å². The number of ether oxygens (including phenoxy) is 1. The van der Waals surface area contributed by atoms with Crippen molar-refractivity contribution >= 4 is 0 Å². The third kappa shape index (κ3) is 4.40. The molecule has 1 heterocycles. The van der Waals surface area contributed by atoms with E-state index in [2.05, 4.69) is 31.0 Å². The summed E-state index contributed by atoms with van der Waals surface area (Å²) in [4.78, 5) is 2.54. The van der Waals surface area contributed by atoms with E-state index < -0.39 is 0 Å². The Kier molecular flexibility index (Phi) is 6.32. The molecule has 0 aromatic carbocycles. The number of methoxy groups -OCH3 is 1. The summed E-state index contributed by atoms with van der Waals surface area (Å²) < 4.78 is 5.25. The largest absolute Gasteiger partial charge is 0.380 e. The second kappa shape index (κ2) is 7.25. The summed E-state index contributed by atoms with van der Waals surface area (Å²) in [6.45, 7) is 11.4. The van der Waals surface area contributed by atoms with Gasteiger partial charge in [-0.3, -0.25) is 0 Å². The molecule has 1 rings (SSSR count). The van der Waals surface area contributed by atoms with Crippen molar-refractivity contribution in [3.8, 4) is 0 Å². The van der Waals surface area contributed by atoms with Crippen LogP contribution in [0.3, 0.4) is 0 Å². The van der Waals surface area contributed by atoms with Gasteiger partial charge in [-0.2, -0.15) is 0 Å². The number of piperidine rings is 1. The average molecular weight is 228 g/mol. The lowest BCUT2D eigenvalue weighted by atomic mass is 9.90. The first-order chi connectivity index (χ1) is 7.67. The molecule has 3 heteroatoms. The number of nitrogens with one attached hydrogen (secondary N) is 1. The normalized spacial score (nSPS) is 23.2. The van der Waals surface area contributed by atoms with Gasteiger partial charge in [-0.25, -0.2) is 0 Å². The van der Waals surface area contributed by atoms with Gasteiger partial charge in [0.05, 0.1) is 6.10 Å². The van der Waals surface area contributed by atoms with E-state index >= 15 is 0 Å².